The Hall–Kier alpha value is -2.08. The maximum atomic E-state index is 12.3. The number of primary amides is 1. The second kappa shape index (κ2) is 6.13. The topological polar surface area (TPSA) is 110 Å². The lowest BCUT2D eigenvalue weighted by Gasteiger charge is -2.29. The fourth-order valence-corrected chi connectivity index (χ4v) is 2.33. The molecule has 0 saturated heterocycles. The number of hydrogen-bond donors (Lipinski definition) is 4. The van der Waals surface area contributed by atoms with E-state index in [1.807, 2.05) is 6.92 Å². The molecular weight excluding hydrogens is 268 g/mol. The summed E-state index contributed by atoms with van der Waals surface area (Å²) in [5, 5.41) is 5.54. The number of carbonyl (C=O) groups is 2. The fraction of sp³-hybridized carbons (Fsp3) is 0.467. The van der Waals surface area contributed by atoms with Crippen molar-refractivity contribution in [3.8, 4) is 0 Å². The average molecular weight is 290 g/mol. The lowest BCUT2D eigenvalue weighted by molar-refractivity contribution is 0.0898. The third kappa shape index (κ3) is 3.95. The molecule has 114 valence electrons. The van der Waals surface area contributed by atoms with Gasteiger partial charge in [-0.15, -0.1) is 0 Å². The van der Waals surface area contributed by atoms with Gasteiger partial charge in [-0.1, -0.05) is 12.1 Å². The van der Waals surface area contributed by atoms with E-state index in [4.69, 9.17) is 11.5 Å². The van der Waals surface area contributed by atoms with E-state index in [2.05, 4.69) is 10.6 Å². The molecule has 21 heavy (non-hydrogen) atoms. The zero-order chi connectivity index (χ0) is 15.5. The highest BCUT2D eigenvalue weighted by Crippen LogP contribution is 2.39. The summed E-state index contributed by atoms with van der Waals surface area (Å²) in [5.74, 6) is 0.356. The van der Waals surface area contributed by atoms with Gasteiger partial charge in [0.25, 0.3) is 5.91 Å². The first-order valence-corrected chi connectivity index (χ1v) is 7.09. The molecule has 6 nitrogen and oxygen atoms in total. The molecule has 1 unspecified atom stereocenters. The van der Waals surface area contributed by atoms with Crippen LogP contribution in [-0.2, 0) is 6.54 Å². The smallest absolute Gasteiger partial charge is 0.312 e. The van der Waals surface area contributed by atoms with Crippen molar-refractivity contribution in [1.82, 2.24) is 10.6 Å². The van der Waals surface area contributed by atoms with Crippen molar-refractivity contribution in [2.75, 3.05) is 6.54 Å². The van der Waals surface area contributed by atoms with Gasteiger partial charge in [0.15, 0.2) is 0 Å². The number of amides is 3. The van der Waals surface area contributed by atoms with Gasteiger partial charge in [-0.2, -0.15) is 0 Å². The van der Waals surface area contributed by atoms with Crippen LogP contribution in [0.2, 0.25) is 0 Å². The third-order valence-electron chi connectivity index (χ3n) is 3.98. The van der Waals surface area contributed by atoms with Crippen molar-refractivity contribution in [1.29, 1.82) is 0 Å². The summed E-state index contributed by atoms with van der Waals surface area (Å²) in [6, 6.07) is 6.48. The van der Waals surface area contributed by atoms with E-state index in [0.29, 0.717) is 24.6 Å². The van der Waals surface area contributed by atoms with Gasteiger partial charge in [0.05, 0.1) is 5.54 Å². The highest BCUT2D eigenvalue weighted by Gasteiger charge is 2.41. The predicted octanol–water partition coefficient (Wildman–Crippen LogP) is 0.712. The van der Waals surface area contributed by atoms with E-state index in [9.17, 15) is 9.59 Å². The molecule has 1 fully saturated rings. The van der Waals surface area contributed by atoms with E-state index in [1.165, 1.54) is 0 Å². The number of rotatable bonds is 6. The minimum Gasteiger partial charge on any atom is -0.352 e. The summed E-state index contributed by atoms with van der Waals surface area (Å²) in [6.07, 6.45) is 2.23. The molecule has 3 amide bonds. The number of nitrogens with two attached hydrogens (primary N) is 2. The zero-order valence-corrected chi connectivity index (χ0v) is 12.2. The minimum absolute atomic E-state index is 0.121. The van der Waals surface area contributed by atoms with Crippen molar-refractivity contribution in [2.45, 2.75) is 31.8 Å². The van der Waals surface area contributed by atoms with Crippen LogP contribution in [0.3, 0.4) is 0 Å². The molecule has 1 saturated carbocycles. The standard InChI is InChI=1S/C15H22N4O2/c1-15(9-16,12-6-7-12)19-13(20)11-4-2-10(3-5-11)8-18-14(17)21/h2-5,12H,6-9,16H2,1H3,(H,19,20)(H3,17,18,21). The van der Waals surface area contributed by atoms with Gasteiger partial charge in [-0.05, 0) is 43.4 Å². The molecule has 1 aromatic carbocycles. The number of urea groups is 1. The Morgan fingerprint density at radius 3 is 2.38 bits per heavy atom. The van der Waals surface area contributed by atoms with Crippen LogP contribution in [0, 0.1) is 5.92 Å². The summed E-state index contributed by atoms with van der Waals surface area (Å²) in [5.41, 5.74) is 11.9. The van der Waals surface area contributed by atoms with Gasteiger partial charge in [0, 0.05) is 18.7 Å². The van der Waals surface area contributed by atoms with Gasteiger partial charge < -0.3 is 22.1 Å². The van der Waals surface area contributed by atoms with E-state index >= 15 is 0 Å². The van der Waals surface area contributed by atoms with Crippen LogP contribution in [0.5, 0.6) is 0 Å². The molecule has 0 aromatic heterocycles. The van der Waals surface area contributed by atoms with Crippen molar-refractivity contribution in [3.05, 3.63) is 35.4 Å². The van der Waals surface area contributed by atoms with Crippen LogP contribution in [0.25, 0.3) is 0 Å². The Morgan fingerprint density at radius 1 is 1.29 bits per heavy atom. The van der Waals surface area contributed by atoms with Crippen molar-refractivity contribution in [3.63, 3.8) is 0 Å². The molecule has 0 heterocycles. The first-order valence-electron chi connectivity index (χ1n) is 7.09. The van der Waals surface area contributed by atoms with Crippen molar-refractivity contribution < 1.29 is 9.59 Å². The molecule has 6 heteroatoms. The summed E-state index contributed by atoms with van der Waals surface area (Å²) in [4.78, 5) is 22.9. The zero-order valence-electron chi connectivity index (χ0n) is 12.2. The summed E-state index contributed by atoms with van der Waals surface area (Å²) >= 11 is 0. The normalized spacial score (nSPS) is 16.9. The molecule has 2 rings (SSSR count). The second-order valence-corrected chi connectivity index (χ2v) is 5.76. The first kappa shape index (κ1) is 15.3. The highest BCUT2D eigenvalue weighted by atomic mass is 16.2. The van der Waals surface area contributed by atoms with E-state index in [1.54, 1.807) is 24.3 Å². The fourth-order valence-electron chi connectivity index (χ4n) is 2.33. The first-order chi connectivity index (χ1) is 9.94. The Balaban J connectivity index is 1.97. The maximum Gasteiger partial charge on any atom is 0.312 e. The van der Waals surface area contributed by atoms with Gasteiger partial charge in [-0.25, -0.2) is 4.79 Å². The summed E-state index contributed by atoms with van der Waals surface area (Å²) in [7, 11) is 0. The van der Waals surface area contributed by atoms with Crippen LogP contribution < -0.4 is 22.1 Å². The Bertz CT molecular complexity index is 525. The van der Waals surface area contributed by atoms with Crippen LogP contribution >= 0.6 is 0 Å². The molecular formula is C15H22N4O2. The highest BCUT2D eigenvalue weighted by molar-refractivity contribution is 5.94. The quantitative estimate of drug-likeness (QED) is 0.619. The number of nitrogens with one attached hydrogen (secondary N) is 2. The van der Waals surface area contributed by atoms with Crippen LogP contribution in [0.15, 0.2) is 24.3 Å². The Morgan fingerprint density at radius 2 is 1.90 bits per heavy atom. The largest absolute Gasteiger partial charge is 0.352 e. The monoisotopic (exact) mass is 290 g/mol. The SMILES string of the molecule is CC(CN)(NC(=O)c1ccc(CNC(N)=O)cc1)C1CC1. The molecule has 0 spiro atoms. The van der Waals surface area contributed by atoms with Crippen molar-refractivity contribution in [2.24, 2.45) is 17.4 Å². The summed E-state index contributed by atoms with van der Waals surface area (Å²) < 4.78 is 0. The summed E-state index contributed by atoms with van der Waals surface area (Å²) in [6.45, 7) is 2.78. The molecule has 0 bridgehead atoms. The molecule has 0 aliphatic heterocycles. The van der Waals surface area contributed by atoms with Gasteiger partial charge in [0.1, 0.15) is 0 Å². The lowest BCUT2D eigenvalue weighted by Crippen LogP contribution is -2.53. The molecule has 1 aliphatic rings. The van der Waals surface area contributed by atoms with Gasteiger partial charge >= 0.3 is 6.03 Å². The van der Waals surface area contributed by atoms with Crippen LogP contribution in [0.1, 0.15) is 35.7 Å². The molecule has 6 N–H and O–H groups in total. The number of carbonyl (C=O) groups excluding carboxylic acids is 2. The predicted molar refractivity (Wildman–Crippen MR) is 80.5 cm³/mol. The van der Waals surface area contributed by atoms with Crippen molar-refractivity contribution >= 4 is 11.9 Å². The van der Waals surface area contributed by atoms with Gasteiger partial charge in [-0.3, -0.25) is 4.79 Å². The van der Waals surface area contributed by atoms with Crippen LogP contribution in [-0.4, -0.2) is 24.0 Å². The third-order valence-corrected chi connectivity index (χ3v) is 3.98. The Kier molecular flexibility index (Phi) is 4.47. The Labute approximate surface area is 124 Å². The van der Waals surface area contributed by atoms with E-state index in [-0.39, 0.29) is 11.4 Å². The van der Waals surface area contributed by atoms with Gasteiger partial charge in [0.2, 0.25) is 0 Å². The van der Waals surface area contributed by atoms with E-state index < -0.39 is 6.03 Å². The molecule has 1 aliphatic carbocycles. The second-order valence-electron chi connectivity index (χ2n) is 5.76. The number of hydrogen-bond acceptors (Lipinski definition) is 3. The molecule has 0 radical (unpaired) electrons. The lowest BCUT2D eigenvalue weighted by atomic mass is 9.95. The molecule has 1 aromatic rings. The van der Waals surface area contributed by atoms with Crippen LogP contribution in [0.4, 0.5) is 4.79 Å². The maximum absolute atomic E-state index is 12.3. The minimum atomic E-state index is -0.569. The number of benzene rings is 1. The molecule has 1 atom stereocenters. The average Bonchev–Trinajstić information content (AvgIpc) is 3.30. The van der Waals surface area contributed by atoms with E-state index in [0.717, 1.165) is 18.4 Å².